The van der Waals surface area contributed by atoms with Gasteiger partial charge < -0.3 is 19.7 Å². The minimum Gasteiger partial charge on any atom is -0.478 e. The quantitative estimate of drug-likeness (QED) is 0.476. The molecule has 1 aliphatic carbocycles. The summed E-state index contributed by atoms with van der Waals surface area (Å²) in [4.78, 5) is 70.6. The van der Waals surface area contributed by atoms with Gasteiger partial charge in [-0.25, -0.2) is 19.2 Å². The molecule has 0 saturated heterocycles. The third-order valence-electron chi connectivity index (χ3n) is 5.52. The van der Waals surface area contributed by atoms with Gasteiger partial charge in [-0.05, 0) is 74.2 Å². The van der Waals surface area contributed by atoms with Gasteiger partial charge in [0.2, 0.25) is 0 Å². The van der Waals surface area contributed by atoms with Crippen LogP contribution in [0.25, 0.3) is 0 Å². The van der Waals surface area contributed by atoms with Crippen molar-refractivity contribution in [2.45, 2.75) is 25.7 Å². The van der Waals surface area contributed by atoms with E-state index in [0.717, 1.165) is 0 Å². The molecule has 2 N–H and O–H groups in total. The molecule has 2 aromatic carbocycles. The molecule has 10 nitrogen and oxygen atoms in total. The smallest absolute Gasteiger partial charge is 0.345 e. The van der Waals surface area contributed by atoms with Crippen LogP contribution in [0.2, 0.25) is 0 Å². The Morgan fingerprint density at radius 1 is 0.529 bits per heavy atom. The number of carboxylic acid groups (broad SMARTS) is 2. The number of aromatic carboxylic acids is 2. The van der Waals surface area contributed by atoms with Crippen molar-refractivity contribution in [3.8, 4) is 0 Å². The topological polar surface area (TPSA) is 161 Å². The number of carbonyl (C=O) groups excluding carboxylic acids is 4. The Balaban J connectivity index is 1.48. The molecule has 0 aliphatic heterocycles. The fourth-order valence-electron chi connectivity index (χ4n) is 3.53. The van der Waals surface area contributed by atoms with Crippen LogP contribution in [0.15, 0.2) is 48.5 Å². The Hall–Kier alpha value is -4.34. The number of esters is 4. The molecule has 10 heteroatoms. The number of benzene rings is 2. The average Bonchev–Trinajstić information content (AvgIpc) is 2.84. The van der Waals surface area contributed by atoms with Gasteiger partial charge in [0.05, 0.1) is 34.1 Å². The van der Waals surface area contributed by atoms with Gasteiger partial charge in [0.15, 0.2) is 0 Å². The lowest BCUT2D eigenvalue weighted by Gasteiger charge is -2.25. The molecule has 2 aromatic rings. The van der Waals surface area contributed by atoms with Crippen molar-refractivity contribution in [1.82, 2.24) is 0 Å². The molecular weight excluding hydrogens is 448 g/mol. The first kappa shape index (κ1) is 24.3. The van der Waals surface area contributed by atoms with Crippen LogP contribution < -0.4 is 0 Å². The molecule has 0 unspecified atom stereocenters. The van der Waals surface area contributed by atoms with Crippen LogP contribution in [0.3, 0.4) is 0 Å². The highest BCUT2D eigenvalue weighted by Crippen LogP contribution is 2.31. The minimum absolute atomic E-state index is 0.0103. The molecule has 0 aromatic heterocycles. The van der Waals surface area contributed by atoms with E-state index < -0.39 is 47.7 Å². The SMILES string of the molecule is O=C(O)c1ccc(C(=O)OC(=O)C2CCC(C(=O)OC(=O)c3ccc(C(=O)O)cc3)CC2)cc1. The lowest BCUT2D eigenvalue weighted by molar-refractivity contribution is -0.149. The molecule has 0 amide bonds. The second-order valence-electron chi connectivity index (χ2n) is 7.73. The third-order valence-corrected chi connectivity index (χ3v) is 5.52. The van der Waals surface area contributed by atoms with Gasteiger partial charge in [-0.15, -0.1) is 0 Å². The van der Waals surface area contributed by atoms with Crippen molar-refractivity contribution in [2.75, 3.05) is 0 Å². The van der Waals surface area contributed by atoms with Gasteiger partial charge >= 0.3 is 35.8 Å². The molecule has 1 aliphatic rings. The molecule has 1 saturated carbocycles. The maximum atomic E-state index is 12.3. The molecule has 0 heterocycles. The van der Waals surface area contributed by atoms with Crippen molar-refractivity contribution < 1.29 is 48.5 Å². The number of ether oxygens (including phenoxy) is 2. The van der Waals surface area contributed by atoms with E-state index in [-0.39, 0.29) is 47.9 Å². The van der Waals surface area contributed by atoms with Gasteiger partial charge in [-0.2, -0.15) is 0 Å². The van der Waals surface area contributed by atoms with E-state index >= 15 is 0 Å². The van der Waals surface area contributed by atoms with Crippen molar-refractivity contribution in [3.05, 3.63) is 70.8 Å². The van der Waals surface area contributed by atoms with Gasteiger partial charge in [0.25, 0.3) is 0 Å². The Labute approximate surface area is 193 Å². The average molecular weight is 468 g/mol. The summed E-state index contributed by atoms with van der Waals surface area (Å²) in [5, 5.41) is 17.8. The second kappa shape index (κ2) is 10.5. The summed E-state index contributed by atoms with van der Waals surface area (Å²) >= 11 is 0. The van der Waals surface area contributed by atoms with Crippen LogP contribution in [0.5, 0.6) is 0 Å². The molecule has 34 heavy (non-hydrogen) atoms. The number of rotatable bonds is 6. The zero-order valence-corrected chi connectivity index (χ0v) is 17.8. The summed E-state index contributed by atoms with van der Waals surface area (Å²) in [5.74, 6) is -6.79. The standard InChI is InChI=1S/C24H20O10/c25-19(26)13-1-5-15(6-2-13)21(29)33-23(31)17-9-11-18(12-10-17)24(32)34-22(30)16-7-3-14(4-8-16)20(27)28/h1-8,17-18H,9-12H2,(H,25,26)(H,27,28). The number of hydrogen-bond acceptors (Lipinski definition) is 8. The Bertz CT molecular complexity index is 1030. The van der Waals surface area contributed by atoms with E-state index in [1.165, 1.54) is 48.5 Å². The van der Waals surface area contributed by atoms with E-state index in [0.29, 0.717) is 0 Å². The molecule has 176 valence electrons. The molecule has 1 fully saturated rings. The van der Waals surface area contributed by atoms with E-state index in [1.54, 1.807) is 0 Å². The first-order valence-corrected chi connectivity index (χ1v) is 10.3. The summed E-state index contributed by atoms with van der Waals surface area (Å²) in [5.41, 5.74) is 0.0451. The monoisotopic (exact) mass is 468 g/mol. The first-order valence-electron chi connectivity index (χ1n) is 10.3. The van der Waals surface area contributed by atoms with Crippen molar-refractivity contribution in [3.63, 3.8) is 0 Å². The van der Waals surface area contributed by atoms with Crippen molar-refractivity contribution >= 4 is 35.8 Å². The summed E-state index contributed by atoms with van der Waals surface area (Å²) < 4.78 is 9.77. The van der Waals surface area contributed by atoms with Crippen LogP contribution in [-0.2, 0) is 19.1 Å². The Morgan fingerprint density at radius 2 is 0.794 bits per heavy atom. The lowest BCUT2D eigenvalue weighted by Crippen LogP contribution is -2.30. The summed E-state index contributed by atoms with van der Waals surface area (Å²) in [7, 11) is 0. The van der Waals surface area contributed by atoms with Gasteiger partial charge in [-0.1, -0.05) is 0 Å². The van der Waals surface area contributed by atoms with Crippen molar-refractivity contribution in [1.29, 1.82) is 0 Å². The largest absolute Gasteiger partial charge is 0.478 e. The summed E-state index contributed by atoms with van der Waals surface area (Å²) in [6, 6.07) is 9.89. The molecular formula is C24H20O10. The highest BCUT2D eigenvalue weighted by atomic mass is 16.6. The van der Waals surface area contributed by atoms with Gasteiger partial charge in [0, 0.05) is 0 Å². The third kappa shape index (κ3) is 5.91. The molecule has 0 bridgehead atoms. The van der Waals surface area contributed by atoms with Gasteiger partial charge in [0.1, 0.15) is 0 Å². The number of carbonyl (C=O) groups is 6. The van der Waals surface area contributed by atoms with Crippen LogP contribution in [0, 0.1) is 11.8 Å². The highest BCUT2D eigenvalue weighted by molar-refractivity contribution is 5.99. The van der Waals surface area contributed by atoms with Crippen LogP contribution in [-0.4, -0.2) is 46.0 Å². The van der Waals surface area contributed by atoms with E-state index in [2.05, 4.69) is 0 Å². The zero-order chi connectivity index (χ0) is 24.8. The maximum Gasteiger partial charge on any atom is 0.345 e. The van der Waals surface area contributed by atoms with E-state index in [1.807, 2.05) is 0 Å². The fraction of sp³-hybridized carbons (Fsp3) is 0.250. The van der Waals surface area contributed by atoms with Gasteiger partial charge in [-0.3, -0.25) is 9.59 Å². The van der Waals surface area contributed by atoms with Crippen LogP contribution in [0.4, 0.5) is 0 Å². The molecule has 0 atom stereocenters. The molecule has 0 radical (unpaired) electrons. The number of hydrogen-bond donors (Lipinski definition) is 2. The Morgan fingerprint density at radius 3 is 1.06 bits per heavy atom. The predicted octanol–water partition coefficient (Wildman–Crippen LogP) is 2.96. The maximum absolute atomic E-state index is 12.3. The molecule has 3 rings (SSSR count). The summed E-state index contributed by atoms with van der Waals surface area (Å²) in [6.45, 7) is 0. The van der Waals surface area contributed by atoms with Crippen LogP contribution in [0.1, 0.15) is 67.1 Å². The van der Waals surface area contributed by atoms with E-state index in [4.69, 9.17) is 19.7 Å². The zero-order valence-electron chi connectivity index (χ0n) is 17.8. The van der Waals surface area contributed by atoms with E-state index in [9.17, 15) is 28.8 Å². The predicted molar refractivity (Wildman–Crippen MR) is 113 cm³/mol. The first-order chi connectivity index (χ1) is 16.2. The molecule has 0 spiro atoms. The van der Waals surface area contributed by atoms with Crippen molar-refractivity contribution in [2.24, 2.45) is 11.8 Å². The lowest BCUT2D eigenvalue weighted by atomic mass is 9.82. The normalized spacial score (nSPS) is 17.3. The van der Waals surface area contributed by atoms with Crippen LogP contribution >= 0.6 is 0 Å². The second-order valence-corrected chi connectivity index (χ2v) is 7.73. The summed E-state index contributed by atoms with van der Waals surface area (Å²) in [6.07, 6.45) is 1.02. The minimum atomic E-state index is -1.15. The fourth-order valence-corrected chi connectivity index (χ4v) is 3.53. The Kier molecular flexibility index (Phi) is 7.52. The highest BCUT2D eigenvalue weighted by Gasteiger charge is 2.33. The number of carboxylic acids is 2.